The fourth-order valence-electron chi connectivity index (χ4n) is 2.62. The van der Waals surface area contributed by atoms with Gasteiger partial charge in [-0.05, 0) is 12.0 Å². The Morgan fingerprint density at radius 1 is 1.29 bits per heavy atom. The summed E-state index contributed by atoms with van der Waals surface area (Å²) >= 11 is 0. The summed E-state index contributed by atoms with van der Waals surface area (Å²) in [6, 6.07) is 6.76. The molecule has 0 aliphatic carbocycles. The van der Waals surface area contributed by atoms with Crippen LogP contribution in [0.4, 0.5) is 4.79 Å². The van der Waals surface area contributed by atoms with Crippen LogP contribution in [0.2, 0.25) is 0 Å². The number of Topliss-reactive ketones (excluding diaryl/α,β-unsaturated/α-hetero) is 1. The van der Waals surface area contributed by atoms with Crippen molar-refractivity contribution in [3.8, 4) is 0 Å². The molecule has 2 atom stereocenters. The zero-order chi connectivity index (χ0) is 19.9. The molecule has 10 nitrogen and oxygen atoms in total. The molecule has 2 heterocycles. The highest BCUT2D eigenvalue weighted by Crippen LogP contribution is 2.14. The van der Waals surface area contributed by atoms with Crippen molar-refractivity contribution in [1.29, 1.82) is 0 Å². The topological polar surface area (TPSA) is 140 Å². The summed E-state index contributed by atoms with van der Waals surface area (Å²) in [5.74, 6) is -2.17. The quantitative estimate of drug-likeness (QED) is 0.603. The average molecular weight is 386 g/mol. The first-order valence-corrected chi connectivity index (χ1v) is 8.52. The second-order valence-electron chi connectivity index (χ2n) is 6.01. The number of alkyl carbamates (subject to hydrolysis) is 1. The zero-order valence-electron chi connectivity index (χ0n) is 14.7. The summed E-state index contributed by atoms with van der Waals surface area (Å²) in [6.45, 7) is 0.272. The van der Waals surface area contributed by atoms with E-state index < -0.39 is 35.8 Å². The number of nitrogens with zero attached hydrogens (tertiary/aromatic N) is 1. The van der Waals surface area contributed by atoms with Crippen molar-refractivity contribution in [1.82, 2.24) is 20.9 Å². The minimum absolute atomic E-state index is 0.0126. The minimum Gasteiger partial charge on any atom is -0.446 e. The second kappa shape index (κ2) is 8.80. The van der Waals surface area contributed by atoms with Crippen LogP contribution >= 0.6 is 0 Å². The first-order chi connectivity index (χ1) is 13.5. The predicted octanol–water partition coefficient (Wildman–Crippen LogP) is 0.216. The van der Waals surface area contributed by atoms with E-state index in [1.165, 1.54) is 6.20 Å². The number of hydrogen-bond acceptors (Lipinski definition) is 7. The lowest BCUT2D eigenvalue weighted by Gasteiger charge is -2.24. The van der Waals surface area contributed by atoms with Crippen LogP contribution in [0.15, 0.2) is 47.3 Å². The van der Waals surface area contributed by atoms with Crippen molar-refractivity contribution >= 4 is 23.7 Å². The summed E-state index contributed by atoms with van der Waals surface area (Å²) in [5, 5.41) is 7.24. The Labute approximate surface area is 159 Å². The molecular weight excluding hydrogens is 368 g/mol. The van der Waals surface area contributed by atoms with Gasteiger partial charge in [0, 0.05) is 6.54 Å². The van der Waals surface area contributed by atoms with Gasteiger partial charge < -0.3 is 25.1 Å². The molecule has 28 heavy (non-hydrogen) atoms. The number of piperidine rings is 1. The number of aromatic nitrogens is 1. The smallest absolute Gasteiger partial charge is 0.408 e. The molecule has 1 saturated heterocycles. The zero-order valence-corrected chi connectivity index (χ0v) is 14.7. The van der Waals surface area contributed by atoms with Gasteiger partial charge in [0.15, 0.2) is 18.2 Å². The number of rotatable bonds is 6. The van der Waals surface area contributed by atoms with E-state index in [0.29, 0.717) is 0 Å². The molecule has 1 aliphatic rings. The van der Waals surface area contributed by atoms with E-state index in [2.05, 4.69) is 20.9 Å². The molecule has 1 fully saturated rings. The third-order valence-electron chi connectivity index (χ3n) is 4.05. The van der Waals surface area contributed by atoms with Crippen molar-refractivity contribution in [2.45, 2.75) is 25.1 Å². The highest BCUT2D eigenvalue weighted by Gasteiger charge is 2.34. The van der Waals surface area contributed by atoms with Crippen LogP contribution in [0, 0.1) is 0 Å². The number of ether oxygens (including phenoxy) is 1. The Hall–Kier alpha value is -3.69. The number of benzene rings is 1. The minimum atomic E-state index is -1.27. The van der Waals surface area contributed by atoms with Gasteiger partial charge in [-0.3, -0.25) is 14.4 Å². The van der Waals surface area contributed by atoms with Crippen molar-refractivity contribution in [2.24, 2.45) is 0 Å². The molecule has 0 bridgehead atoms. The van der Waals surface area contributed by atoms with E-state index >= 15 is 0 Å². The van der Waals surface area contributed by atoms with E-state index in [1.807, 2.05) is 6.07 Å². The number of carbonyl (C=O) groups excluding carboxylic acids is 4. The van der Waals surface area contributed by atoms with Gasteiger partial charge in [0.25, 0.3) is 11.8 Å². The Morgan fingerprint density at radius 3 is 2.79 bits per heavy atom. The van der Waals surface area contributed by atoms with Crippen molar-refractivity contribution in [3.05, 3.63) is 54.2 Å². The maximum Gasteiger partial charge on any atom is 0.408 e. The van der Waals surface area contributed by atoms with Crippen LogP contribution in [0.1, 0.15) is 23.8 Å². The molecule has 146 valence electrons. The Kier molecular flexibility index (Phi) is 6.00. The molecule has 3 N–H and O–H groups in total. The molecule has 3 rings (SSSR count). The fraction of sp³-hybridized carbons (Fsp3) is 0.278. The molecule has 1 aromatic carbocycles. The second-order valence-corrected chi connectivity index (χ2v) is 6.01. The van der Waals surface area contributed by atoms with Gasteiger partial charge in [0.1, 0.15) is 6.61 Å². The largest absolute Gasteiger partial charge is 0.446 e. The first-order valence-electron chi connectivity index (χ1n) is 8.52. The summed E-state index contributed by atoms with van der Waals surface area (Å²) in [4.78, 5) is 51.8. The van der Waals surface area contributed by atoms with Crippen molar-refractivity contribution in [2.75, 3.05) is 6.54 Å². The number of ketones is 1. The molecule has 0 spiro atoms. The van der Waals surface area contributed by atoms with Crippen molar-refractivity contribution < 1.29 is 28.3 Å². The van der Waals surface area contributed by atoms with Gasteiger partial charge in [-0.25, -0.2) is 9.78 Å². The first kappa shape index (κ1) is 19.1. The maximum atomic E-state index is 12.6. The van der Waals surface area contributed by atoms with Crippen LogP contribution in [-0.2, 0) is 25.7 Å². The van der Waals surface area contributed by atoms with Crippen LogP contribution in [0.3, 0.4) is 0 Å². The molecule has 1 aliphatic heterocycles. The Balaban J connectivity index is 1.64. The van der Waals surface area contributed by atoms with Gasteiger partial charge in [-0.1, -0.05) is 30.3 Å². The van der Waals surface area contributed by atoms with Crippen molar-refractivity contribution in [3.63, 3.8) is 0 Å². The average Bonchev–Trinajstić information content (AvgIpc) is 3.23. The van der Waals surface area contributed by atoms with Crippen LogP contribution in [-0.4, -0.2) is 41.3 Å². The normalized spacial score (nSPS) is 17.4. The fourth-order valence-corrected chi connectivity index (χ4v) is 2.62. The molecule has 0 radical (unpaired) electrons. The van der Waals surface area contributed by atoms with Gasteiger partial charge in [-0.2, -0.15) is 0 Å². The monoisotopic (exact) mass is 386 g/mol. The molecule has 0 saturated carbocycles. The van der Waals surface area contributed by atoms with Gasteiger partial charge >= 0.3 is 6.09 Å². The van der Waals surface area contributed by atoms with Gasteiger partial charge in [0.05, 0.1) is 12.2 Å². The van der Waals surface area contributed by atoms with E-state index in [0.717, 1.165) is 12.0 Å². The third kappa shape index (κ3) is 4.72. The number of nitrogens with one attached hydrogen (secondary N) is 3. The Morgan fingerprint density at radius 2 is 2.07 bits per heavy atom. The molecule has 10 heteroatoms. The number of carbonyl (C=O) groups is 4. The lowest BCUT2D eigenvalue weighted by molar-refractivity contribution is -0.142. The molecule has 1 aromatic heterocycles. The van der Waals surface area contributed by atoms with E-state index in [4.69, 9.17) is 9.15 Å². The van der Waals surface area contributed by atoms with Crippen LogP contribution < -0.4 is 16.0 Å². The summed E-state index contributed by atoms with van der Waals surface area (Å²) in [7, 11) is 0. The number of oxazole rings is 1. The Bertz CT molecular complexity index is 852. The summed E-state index contributed by atoms with van der Waals surface area (Å²) in [6.07, 6.45) is 1.76. The lowest BCUT2D eigenvalue weighted by Crippen LogP contribution is -2.55. The maximum absolute atomic E-state index is 12.6. The van der Waals surface area contributed by atoms with E-state index in [-0.39, 0.29) is 25.3 Å². The highest BCUT2D eigenvalue weighted by molar-refractivity contribution is 6.39. The SMILES string of the molecule is O=C(NC(C(=O)NC1CCNC(=O)C1=O)c1cnco1)OCc1ccccc1. The molecule has 3 amide bonds. The number of amides is 3. The number of hydrogen-bond donors (Lipinski definition) is 3. The summed E-state index contributed by atoms with van der Waals surface area (Å²) < 4.78 is 10.2. The van der Waals surface area contributed by atoms with Gasteiger partial charge in [-0.15, -0.1) is 0 Å². The standard InChI is InChI=1S/C18H18N4O6/c23-15-12(6-7-20-17(15)25)21-16(24)14(13-8-19-10-28-13)22-18(26)27-9-11-4-2-1-3-5-11/h1-5,8,10,12,14H,6-7,9H2,(H,20,25)(H,21,24)(H,22,26). The molecule has 2 unspecified atom stereocenters. The van der Waals surface area contributed by atoms with Crippen LogP contribution in [0.25, 0.3) is 0 Å². The summed E-state index contributed by atoms with van der Waals surface area (Å²) in [5.41, 5.74) is 0.775. The predicted molar refractivity (Wildman–Crippen MR) is 93.6 cm³/mol. The molecule has 2 aromatic rings. The molecular formula is C18H18N4O6. The highest BCUT2D eigenvalue weighted by atomic mass is 16.5. The van der Waals surface area contributed by atoms with Gasteiger partial charge in [0.2, 0.25) is 5.78 Å². The lowest BCUT2D eigenvalue weighted by atomic mass is 10.0. The third-order valence-corrected chi connectivity index (χ3v) is 4.05. The van der Waals surface area contributed by atoms with Crippen LogP contribution in [0.5, 0.6) is 0 Å². The van der Waals surface area contributed by atoms with E-state index in [9.17, 15) is 19.2 Å². The van der Waals surface area contributed by atoms with E-state index in [1.54, 1.807) is 24.3 Å².